The van der Waals surface area contributed by atoms with Crippen molar-refractivity contribution in [2.24, 2.45) is 0 Å². The minimum Gasteiger partial charge on any atom is -0.355 e. The van der Waals surface area contributed by atoms with Gasteiger partial charge in [0.15, 0.2) is 0 Å². The van der Waals surface area contributed by atoms with Gasteiger partial charge in [0.2, 0.25) is 11.8 Å². The lowest BCUT2D eigenvalue weighted by molar-refractivity contribution is -0.140. The third-order valence-corrected chi connectivity index (χ3v) is 7.85. The Bertz CT molecular complexity index is 1310. The van der Waals surface area contributed by atoms with Crippen LogP contribution in [0.25, 0.3) is 0 Å². The molecule has 37 heavy (non-hydrogen) atoms. The number of aryl methyl sites for hydroxylation is 1. The second kappa shape index (κ2) is 12.5. The molecule has 0 aliphatic rings. The summed E-state index contributed by atoms with van der Waals surface area (Å²) < 4.78 is 41.8. The van der Waals surface area contributed by atoms with Crippen LogP contribution in [0.4, 0.5) is 10.1 Å². The zero-order valence-corrected chi connectivity index (χ0v) is 22.0. The molecule has 0 aliphatic carbocycles. The van der Waals surface area contributed by atoms with Crippen LogP contribution in [-0.4, -0.2) is 44.3 Å². The van der Waals surface area contributed by atoms with E-state index in [-0.39, 0.29) is 23.0 Å². The van der Waals surface area contributed by atoms with Gasteiger partial charge in [0, 0.05) is 13.1 Å². The largest absolute Gasteiger partial charge is 0.355 e. The summed E-state index contributed by atoms with van der Waals surface area (Å²) in [6.07, 6.45) is 0.347. The van der Waals surface area contributed by atoms with Gasteiger partial charge in [-0.15, -0.1) is 0 Å². The number of carbonyl (C=O) groups is 2. The summed E-state index contributed by atoms with van der Waals surface area (Å²) in [6, 6.07) is 19.4. The van der Waals surface area contributed by atoms with E-state index in [0.29, 0.717) is 13.0 Å². The number of halogens is 1. The molecule has 0 fully saturated rings. The molecular formula is C28H32FN3O4S. The number of benzene rings is 3. The zero-order valence-electron chi connectivity index (χ0n) is 21.2. The van der Waals surface area contributed by atoms with Crippen LogP contribution in [0.5, 0.6) is 0 Å². The Labute approximate surface area is 218 Å². The van der Waals surface area contributed by atoms with E-state index in [2.05, 4.69) is 5.32 Å². The Morgan fingerprint density at radius 2 is 1.54 bits per heavy atom. The third kappa shape index (κ3) is 6.74. The first-order chi connectivity index (χ1) is 17.7. The summed E-state index contributed by atoms with van der Waals surface area (Å²) in [6.45, 7) is 5.52. The monoisotopic (exact) mass is 525 g/mol. The summed E-state index contributed by atoms with van der Waals surface area (Å²) >= 11 is 0. The molecule has 0 bridgehead atoms. The van der Waals surface area contributed by atoms with Crippen molar-refractivity contribution in [3.63, 3.8) is 0 Å². The van der Waals surface area contributed by atoms with Crippen molar-refractivity contribution in [3.05, 3.63) is 95.8 Å². The summed E-state index contributed by atoms with van der Waals surface area (Å²) in [5.41, 5.74) is 2.08. The number of nitrogens with one attached hydrogen (secondary N) is 1. The molecular weight excluding hydrogens is 493 g/mol. The number of nitrogens with zero attached hydrogens (tertiary/aromatic N) is 2. The van der Waals surface area contributed by atoms with Gasteiger partial charge in [-0.2, -0.15) is 0 Å². The summed E-state index contributed by atoms with van der Waals surface area (Å²) in [5, 5.41) is 2.78. The van der Waals surface area contributed by atoms with Crippen molar-refractivity contribution in [1.82, 2.24) is 10.2 Å². The Morgan fingerprint density at radius 1 is 0.919 bits per heavy atom. The lowest BCUT2D eigenvalue weighted by Gasteiger charge is -2.33. The van der Waals surface area contributed by atoms with Crippen LogP contribution in [0.1, 0.15) is 31.4 Å². The van der Waals surface area contributed by atoms with E-state index in [1.807, 2.05) is 38.1 Å². The number of anilines is 1. The first-order valence-corrected chi connectivity index (χ1v) is 13.6. The smallest absolute Gasteiger partial charge is 0.264 e. The molecule has 9 heteroatoms. The highest BCUT2D eigenvalue weighted by Gasteiger charge is 2.33. The molecule has 3 aromatic rings. The fourth-order valence-corrected chi connectivity index (χ4v) is 5.45. The molecule has 1 unspecified atom stereocenters. The number of hydrogen-bond acceptors (Lipinski definition) is 4. The molecule has 1 N–H and O–H groups in total. The number of amides is 2. The molecule has 0 heterocycles. The van der Waals surface area contributed by atoms with Crippen LogP contribution in [0.2, 0.25) is 0 Å². The topological polar surface area (TPSA) is 86.8 Å². The summed E-state index contributed by atoms with van der Waals surface area (Å²) in [4.78, 5) is 28.1. The van der Waals surface area contributed by atoms with Gasteiger partial charge in [0.05, 0.1) is 10.6 Å². The van der Waals surface area contributed by atoms with Gasteiger partial charge in [-0.1, -0.05) is 49.4 Å². The second-order valence-corrected chi connectivity index (χ2v) is 10.4. The van der Waals surface area contributed by atoms with Crippen LogP contribution >= 0.6 is 0 Å². The highest BCUT2D eigenvalue weighted by atomic mass is 32.2. The van der Waals surface area contributed by atoms with Crippen LogP contribution in [0, 0.1) is 12.7 Å². The average molecular weight is 526 g/mol. The van der Waals surface area contributed by atoms with Crippen LogP contribution in [0.3, 0.4) is 0 Å². The standard InChI is InChI=1S/C28H32FN3O4S/c1-4-26(28(34)30-5-2)31(19-22-12-10-9-11-21(22)3)27(33)20-32(24-13-7-6-8-14-24)37(35,36)25-17-15-23(29)16-18-25/h6-18,26H,4-5,19-20H2,1-3H3,(H,30,34). The third-order valence-electron chi connectivity index (χ3n) is 6.06. The Hall–Kier alpha value is -3.72. The zero-order chi connectivity index (χ0) is 27.0. The molecule has 0 aromatic heterocycles. The molecule has 1 atom stereocenters. The molecule has 0 saturated heterocycles. The van der Waals surface area contributed by atoms with E-state index in [1.165, 1.54) is 17.0 Å². The van der Waals surface area contributed by atoms with E-state index in [9.17, 15) is 22.4 Å². The van der Waals surface area contributed by atoms with Crippen LogP contribution < -0.4 is 9.62 Å². The molecule has 0 saturated carbocycles. The SMILES string of the molecule is CCNC(=O)C(CC)N(Cc1ccccc1C)C(=O)CN(c1ccccc1)S(=O)(=O)c1ccc(F)cc1. The lowest BCUT2D eigenvalue weighted by atomic mass is 10.1. The van der Waals surface area contributed by atoms with E-state index in [4.69, 9.17) is 0 Å². The number of para-hydroxylation sites is 1. The van der Waals surface area contributed by atoms with Gasteiger partial charge in [-0.05, 0) is 67.8 Å². The number of hydrogen-bond donors (Lipinski definition) is 1. The van der Waals surface area contributed by atoms with Crippen molar-refractivity contribution < 1.29 is 22.4 Å². The highest BCUT2D eigenvalue weighted by Crippen LogP contribution is 2.25. The highest BCUT2D eigenvalue weighted by molar-refractivity contribution is 7.92. The first kappa shape index (κ1) is 27.9. The molecule has 3 aromatic carbocycles. The molecule has 7 nitrogen and oxygen atoms in total. The quantitative estimate of drug-likeness (QED) is 0.405. The maximum atomic E-state index is 13.9. The van der Waals surface area contributed by atoms with Gasteiger partial charge >= 0.3 is 0 Å². The van der Waals surface area contributed by atoms with Gasteiger partial charge in [0.25, 0.3) is 10.0 Å². The minimum atomic E-state index is -4.22. The maximum absolute atomic E-state index is 13.9. The Kier molecular flexibility index (Phi) is 9.41. The minimum absolute atomic E-state index is 0.139. The van der Waals surface area contributed by atoms with Crippen molar-refractivity contribution in [2.75, 3.05) is 17.4 Å². The van der Waals surface area contributed by atoms with Crippen molar-refractivity contribution >= 4 is 27.5 Å². The van der Waals surface area contributed by atoms with Crippen molar-refractivity contribution in [3.8, 4) is 0 Å². The summed E-state index contributed by atoms with van der Waals surface area (Å²) in [7, 11) is -4.22. The molecule has 196 valence electrons. The number of rotatable bonds is 11. The summed E-state index contributed by atoms with van der Waals surface area (Å²) in [5.74, 6) is -1.41. The molecule has 0 spiro atoms. The molecule has 3 rings (SSSR count). The van der Waals surface area contributed by atoms with E-state index >= 15 is 0 Å². The van der Waals surface area contributed by atoms with Crippen LogP contribution in [-0.2, 0) is 26.2 Å². The predicted molar refractivity (Wildman–Crippen MR) is 142 cm³/mol. The first-order valence-electron chi connectivity index (χ1n) is 12.1. The predicted octanol–water partition coefficient (Wildman–Crippen LogP) is 4.27. The fraction of sp³-hybridized carbons (Fsp3) is 0.286. The van der Waals surface area contributed by atoms with Gasteiger partial charge in [-0.25, -0.2) is 12.8 Å². The van der Waals surface area contributed by atoms with Crippen molar-refractivity contribution in [1.29, 1.82) is 0 Å². The number of carbonyl (C=O) groups excluding carboxylic acids is 2. The van der Waals surface area contributed by atoms with E-state index in [0.717, 1.165) is 27.6 Å². The normalized spacial score (nSPS) is 12.0. The number of sulfonamides is 1. The lowest BCUT2D eigenvalue weighted by Crippen LogP contribution is -2.52. The van der Waals surface area contributed by atoms with Gasteiger partial charge in [-0.3, -0.25) is 13.9 Å². The average Bonchev–Trinajstić information content (AvgIpc) is 2.89. The molecule has 0 aliphatic heterocycles. The Morgan fingerprint density at radius 3 is 2.14 bits per heavy atom. The second-order valence-electron chi connectivity index (χ2n) is 8.57. The van der Waals surface area contributed by atoms with E-state index in [1.54, 1.807) is 37.3 Å². The fourth-order valence-electron chi connectivity index (χ4n) is 4.04. The van der Waals surface area contributed by atoms with Gasteiger partial charge in [0.1, 0.15) is 18.4 Å². The van der Waals surface area contributed by atoms with Gasteiger partial charge < -0.3 is 10.2 Å². The van der Waals surface area contributed by atoms with E-state index < -0.39 is 34.3 Å². The molecule has 0 radical (unpaired) electrons. The molecule has 2 amide bonds. The number of likely N-dealkylation sites (N-methyl/N-ethyl adjacent to an activating group) is 1. The Balaban J connectivity index is 2.04. The van der Waals surface area contributed by atoms with Crippen molar-refractivity contribution in [2.45, 2.75) is 44.7 Å². The maximum Gasteiger partial charge on any atom is 0.264 e. The van der Waals surface area contributed by atoms with Crippen LogP contribution in [0.15, 0.2) is 83.8 Å².